The zero-order valence-electron chi connectivity index (χ0n) is 9.09. The van der Waals surface area contributed by atoms with E-state index in [-0.39, 0.29) is 25.7 Å². The Bertz CT molecular complexity index is 639. The lowest BCUT2D eigenvalue weighted by Crippen LogP contribution is -2.12. The largest absolute Gasteiger partial charge is 0.345 e. The average molecular weight is 318 g/mol. The maximum atomic E-state index is 12.0. The van der Waals surface area contributed by atoms with Crippen molar-refractivity contribution in [1.82, 2.24) is 4.98 Å². The molecule has 6 nitrogen and oxygen atoms in total. The third-order valence-electron chi connectivity index (χ3n) is 2.08. The van der Waals surface area contributed by atoms with E-state index >= 15 is 0 Å². The molecule has 1 aromatic heterocycles. The first-order valence-corrected chi connectivity index (χ1v) is 6.42. The lowest BCUT2D eigenvalue weighted by molar-refractivity contribution is -0.380. The van der Waals surface area contributed by atoms with Gasteiger partial charge in [-0.1, -0.05) is 29.3 Å². The molecule has 0 spiro atoms. The van der Waals surface area contributed by atoms with Gasteiger partial charge in [0.2, 0.25) is 0 Å². The van der Waals surface area contributed by atoms with Crippen LogP contribution in [0.2, 0.25) is 10.0 Å². The first kappa shape index (κ1) is 13.7. The van der Waals surface area contributed by atoms with Crippen molar-refractivity contribution < 1.29 is 9.72 Å². The van der Waals surface area contributed by atoms with Gasteiger partial charge < -0.3 is 0 Å². The summed E-state index contributed by atoms with van der Waals surface area (Å²) in [5.74, 6) is -0.570. The van der Waals surface area contributed by atoms with Crippen LogP contribution in [0.15, 0.2) is 24.4 Å². The number of carbonyl (C=O) groups is 1. The molecule has 0 atom stereocenters. The topological polar surface area (TPSA) is 85.1 Å². The Morgan fingerprint density at radius 3 is 2.53 bits per heavy atom. The Balaban J connectivity index is 2.23. The van der Waals surface area contributed by atoms with E-state index in [1.165, 1.54) is 12.1 Å². The number of rotatable bonds is 3. The molecule has 1 aromatic carbocycles. The summed E-state index contributed by atoms with van der Waals surface area (Å²) < 4.78 is 0. The second-order valence-corrected chi connectivity index (χ2v) is 5.14. The number of anilines is 1. The van der Waals surface area contributed by atoms with Crippen molar-refractivity contribution in [2.24, 2.45) is 0 Å². The van der Waals surface area contributed by atoms with E-state index in [1.54, 1.807) is 6.07 Å². The van der Waals surface area contributed by atoms with Gasteiger partial charge in [-0.15, -0.1) is 0 Å². The summed E-state index contributed by atoms with van der Waals surface area (Å²) in [6.07, 6.45) is 1.06. The Morgan fingerprint density at radius 1 is 1.37 bits per heavy atom. The molecule has 2 rings (SSSR count). The van der Waals surface area contributed by atoms with Gasteiger partial charge in [0.1, 0.15) is 6.20 Å². The van der Waals surface area contributed by atoms with Crippen LogP contribution in [0.25, 0.3) is 0 Å². The van der Waals surface area contributed by atoms with Gasteiger partial charge in [-0.3, -0.25) is 20.2 Å². The zero-order chi connectivity index (χ0) is 14.0. The van der Waals surface area contributed by atoms with Crippen LogP contribution in [-0.2, 0) is 0 Å². The van der Waals surface area contributed by atoms with E-state index in [2.05, 4.69) is 10.3 Å². The number of halogens is 2. The van der Waals surface area contributed by atoms with Crippen LogP contribution in [0.4, 0.5) is 10.1 Å². The summed E-state index contributed by atoms with van der Waals surface area (Å²) in [5, 5.41) is 13.2. The number of amides is 1. The van der Waals surface area contributed by atoms with Crippen molar-refractivity contribution in [3.8, 4) is 0 Å². The molecule has 9 heteroatoms. The lowest BCUT2D eigenvalue weighted by atomic mass is 10.2. The maximum Gasteiger partial charge on any atom is 0.345 e. The van der Waals surface area contributed by atoms with Crippen molar-refractivity contribution >= 4 is 50.6 Å². The minimum absolute atomic E-state index is 0.101. The van der Waals surface area contributed by atoms with Crippen LogP contribution in [0.3, 0.4) is 0 Å². The first-order chi connectivity index (χ1) is 8.99. The standard InChI is InChI=1S/C10H5Cl2N3O3S/c11-5-2-1-3-6(12)8(5)9(16)14-10-13-4-7(19-10)15(17)18/h1-4H,(H,13,14,16). The molecule has 1 amide bonds. The molecule has 0 aliphatic rings. The number of nitrogens with one attached hydrogen (secondary N) is 1. The SMILES string of the molecule is O=C(Nc1ncc([N+](=O)[O-])s1)c1c(Cl)cccc1Cl. The smallest absolute Gasteiger partial charge is 0.298 e. The number of aromatic nitrogens is 1. The third-order valence-corrected chi connectivity index (χ3v) is 3.58. The lowest BCUT2D eigenvalue weighted by Gasteiger charge is -2.05. The van der Waals surface area contributed by atoms with E-state index in [1.807, 2.05) is 0 Å². The van der Waals surface area contributed by atoms with E-state index in [0.717, 1.165) is 17.5 Å². The third kappa shape index (κ3) is 3.01. The van der Waals surface area contributed by atoms with Crippen molar-refractivity contribution in [1.29, 1.82) is 0 Å². The van der Waals surface area contributed by atoms with Gasteiger partial charge in [0.15, 0.2) is 5.13 Å². The van der Waals surface area contributed by atoms with Gasteiger partial charge in [-0.05, 0) is 23.5 Å². The second-order valence-electron chi connectivity index (χ2n) is 3.31. The summed E-state index contributed by atoms with van der Waals surface area (Å²) >= 11 is 12.5. The molecule has 19 heavy (non-hydrogen) atoms. The highest BCUT2D eigenvalue weighted by molar-refractivity contribution is 7.18. The van der Waals surface area contributed by atoms with Gasteiger partial charge in [-0.2, -0.15) is 0 Å². The Hall–Kier alpha value is -1.70. The number of hydrogen-bond acceptors (Lipinski definition) is 5. The van der Waals surface area contributed by atoms with Gasteiger partial charge in [0.25, 0.3) is 5.91 Å². The molecular weight excluding hydrogens is 313 g/mol. The second kappa shape index (κ2) is 5.52. The van der Waals surface area contributed by atoms with Crippen molar-refractivity contribution in [3.05, 3.63) is 50.1 Å². The highest BCUT2D eigenvalue weighted by atomic mass is 35.5. The summed E-state index contributed by atoms with van der Waals surface area (Å²) in [4.78, 5) is 25.6. The van der Waals surface area contributed by atoms with E-state index in [9.17, 15) is 14.9 Å². The predicted molar refractivity (Wildman–Crippen MR) is 73.2 cm³/mol. The number of nitrogens with zero attached hydrogens (tertiary/aromatic N) is 2. The monoisotopic (exact) mass is 317 g/mol. The fraction of sp³-hybridized carbons (Fsp3) is 0. The molecule has 0 fully saturated rings. The van der Waals surface area contributed by atoms with Gasteiger partial charge in [-0.25, -0.2) is 4.98 Å². The number of carbonyl (C=O) groups excluding carboxylic acids is 1. The van der Waals surface area contributed by atoms with Crippen LogP contribution in [0.5, 0.6) is 0 Å². The van der Waals surface area contributed by atoms with Crippen molar-refractivity contribution in [2.45, 2.75) is 0 Å². The molecule has 0 unspecified atom stereocenters. The molecule has 0 radical (unpaired) electrons. The van der Waals surface area contributed by atoms with E-state index in [0.29, 0.717) is 0 Å². The summed E-state index contributed by atoms with van der Waals surface area (Å²) in [5.41, 5.74) is 0.101. The maximum absolute atomic E-state index is 12.0. The average Bonchev–Trinajstić information content (AvgIpc) is 2.77. The van der Waals surface area contributed by atoms with Crippen LogP contribution in [0.1, 0.15) is 10.4 Å². The van der Waals surface area contributed by atoms with Gasteiger partial charge in [0, 0.05) is 0 Å². The molecule has 0 saturated carbocycles. The van der Waals surface area contributed by atoms with Crippen LogP contribution in [-0.4, -0.2) is 15.8 Å². The molecule has 98 valence electrons. The summed E-state index contributed by atoms with van der Waals surface area (Å²) in [7, 11) is 0. The zero-order valence-corrected chi connectivity index (χ0v) is 11.4. The Labute approximate surface area is 121 Å². The van der Waals surface area contributed by atoms with Crippen molar-refractivity contribution in [2.75, 3.05) is 5.32 Å². The summed E-state index contributed by atoms with van der Waals surface area (Å²) in [6, 6.07) is 4.65. The Kier molecular flexibility index (Phi) is 3.98. The summed E-state index contributed by atoms with van der Waals surface area (Å²) in [6.45, 7) is 0. The molecule has 0 aliphatic carbocycles. The Morgan fingerprint density at radius 2 is 2.00 bits per heavy atom. The minimum atomic E-state index is -0.588. The van der Waals surface area contributed by atoms with E-state index < -0.39 is 10.8 Å². The molecular formula is C10H5Cl2N3O3S. The number of nitro groups is 1. The normalized spacial score (nSPS) is 10.2. The molecule has 0 aliphatic heterocycles. The molecule has 0 bridgehead atoms. The van der Waals surface area contributed by atoms with Gasteiger partial charge >= 0.3 is 5.00 Å². The molecule has 1 N–H and O–H groups in total. The van der Waals surface area contributed by atoms with Crippen LogP contribution < -0.4 is 5.32 Å². The fourth-order valence-corrected chi connectivity index (χ4v) is 2.48. The van der Waals surface area contributed by atoms with Gasteiger partial charge in [0.05, 0.1) is 20.5 Å². The molecule has 1 heterocycles. The molecule has 2 aromatic rings. The minimum Gasteiger partial charge on any atom is -0.298 e. The number of thiazole rings is 1. The van der Waals surface area contributed by atoms with Crippen molar-refractivity contribution in [3.63, 3.8) is 0 Å². The first-order valence-electron chi connectivity index (χ1n) is 4.84. The van der Waals surface area contributed by atoms with Crippen LogP contribution in [0, 0.1) is 10.1 Å². The number of benzene rings is 1. The highest BCUT2D eigenvalue weighted by Crippen LogP contribution is 2.28. The molecule has 0 saturated heterocycles. The quantitative estimate of drug-likeness (QED) is 0.692. The fourth-order valence-electron chi connectivity index (χ4n) is 1.28. The highest BCUT2D eigenvalue weighted by Gasteiger charge is 2.18. The van der Waals surface area contributed by atoms with E-state index in [4.69, 9.17) is 23.2 Å². The number of hydrogen-bond donors (Lipinski definition) is 1. The predicted octanol–water partition coefficient (Wildman–Crippen LogP) is 3.61. The van der Waals surface area contributed by atoms with Crippen LogP contribution >= 0.6 is 34.5 Å².